The molecule has 138 valence electrons. The van der Waals surface area contributed by atoms with Crippen LogP contribution in [0.5, 0.6) is 11.5 Å². The molecular weight excluding hydrogens is 383 g/mol. The van der Waals surface area contributed by atoms with Gasteiger partial charge >= 0.3 is 5.97 Å². The van der Waals surface area contributed by atoms with E-state index in [9.17, 15) is 14.0 Å². The van der Waals surface area contributed by atoms with Gasteiger partial charge in [-0.05, 0) is 48.0 Å². The Bertz CT molecular complexity index is 1140. The van der Waals surface area contributed by atoms with Gasteiger partial charge in [-0.1, -0.05) is 35.9 Å². The van der Waals surface area contributed by atoms with Gasteiger partial charge in [-0.2, -0.15) is 0 Å². The van der Waals surface area contributed by atoms with E-state index in [0.717, 1.165) is 0 Å². The molecular formula is C22H12ClFO4. The fourth-order valence-corrected chi connectivity index (χ4v) is 2.98. The maximum Gasteiger partial charge on any atom is 0.345 e. The summed E-state index contributed by atoms with van der Waals surface area (Å²) in [4.78, 5) is 24.7. The van der Waals surface area contributed by atoms with Crippen molar-refractivity contribution in [1.82, 2.24) is 0 Å². The number of ether oxygens (including phenoxy) is 2. The summed E-state index contributed by atoms with van der Waals surface area (Å²) in [6, 6.07) is 16.8. The van der Waals surface area contributed by atoms with E-state index in [-0.39, 0.29) is 33.6 Å². The number of halogens is 2. The van der Waals surface area contributed by atoms with E-state index in [4.69, 9.17) is 21.1 Å². The molecule has 0 radical (unpaired) electrons. The molecule has 3 aromatic rings. The second kappa shape index (κ2) is 7.29. The lowest BCUT2D eigenvalue weighted by molar-refractivity contribution is 0.0734. The monoisotopic (exact) mass is 394 g/mol. The average Bonchev–Trinajstić information content (AvgIpc) is 2.97. The van der Waals surface area contributed by atoms with E-state index < -0.39 is 11.8 Å². The maximum atomic E-state index is 13.3. The minimum Gasteiger partial charge on any atom is -0.452 e. The van der Waals surface area contributed by atoms with Crippen molar-refractivity contribution in [1.29, 1.82) is 0 Å². The van der Waals surface area contributed by atoms with Crippen LogP contribution in [0.2, 0.25) is 5.02 Å². The van der Waals surface area contributed by atoms with Gasteiger partial charge in [0.25, 0.3) is 0 Å². The summed E-state index contributed by atoms with van der Waals surface area (Å²) in [5.74, 6) is -0.824. The average molecular weight is 395 g/mol. The van der Waals surface area contributed by atoms with Crippen LogP contribution in [0.1, 0.15) is 26.3 Å². The first-order valence-electron chi connectivity index (χ1n) is 8.32. The number of hydrogen-bond acceptors (Lipinski definition) is 4. The zero-order chi connectivity index (χ0) is 19.7. The van der Waals surface area contributed by atoms with Crippen LogP contribution in [-0.2, 0) is 0 Å². The molecule has 0 aromatic heterocycles. The van der Waals surface area contributed by atoms with Crippen LogP contribution in [0, 0.1) is 5.82 Å². The molecule has 28 heavy (non-hydrogen) atoms. The molecule has 3 aromatic carbocycles. The van der Waals surface area contributed by atoms with E-state index in [1.165, 1.54) is 36.4 Å². The topological polar surface area (TPSA) is 52.6 Å². The third kappa shape index (κ3) is 3.52. The summed E-state index contributed by atoms with van der Waals surface area (Å²) in [6.07, 6.45) is 1.46. The predicted octanol–water partition coefficient (Wildman–Crippen LogP) is 5.31. The largest absolute Gasteiger partial charge is 0.452 e. The highest BCUT2D eigenvalue weighted by molar-refractivity contribution is 6.33. The van der Waals surface area contributed by atoms with Gasteiger partial charge < -0.3 is 9.47 Å². The van der Waals surface area contributed by atoms with Crippen molar-refractivity contribution < 1.29 is 23.5 Å². The third-order valence-electron chi connectivity index (χ3n) is 4.09. The van der Waals surface area contributed by atoms with Crippen molar-refractivity contribution in [3.05, 3.63) is 100 Å². The van der Waals surface area contributed by atoms with Crippen molar-refractivity contribution >= 4 is 29.4 Å². The zero-order valence-corrected chi connectivity index (χ0v) is 15.1. The number of carbonyl (C=O) groups is 2. The molecule has 4 nitrogen and oxygen atoms in total. The van der Waals surface area contributed by atoms with Crippen molar-refractivity contribution in [2.45, 2.75) is 0 Å². The second-order valence-electron chi connectivity index (χ2n) is 6.02. The quantitative estimate of drug-likeness (QED) is 0.343. The number of Topliss-reactive ketones (excluding diaryl/α,β-unsaturated/α-hetero) is 1. The fourth-order valence-electron chi connectivity index (χ4n) is 2.77. The lowest BCUT2D eigenvalue weighted by Gasteiger charge is -2.06. The molecule has 6 heteroatoms. The first kappa shape index (κ1) is 17.9. The smallest absolute Gasteiger partial charge is 0.345 e. The Labute approximate surface area is 164 Å². The number of fused-ring (bicyclic) bond motifs is 1. The number of carbonyl (C=O) groups excluding carboxylic acids is 2. The van der Waals surface area contributed by atoms with Crippen molar-refractivity contribution in [2.24, 2.45) is 0 Å². The fraction of sp³-hybridized carbons (Fsp3) is 0. The van der Waals surface area contributed by atoms with Gasteiger partial charge in [-0.3, -0.25) is 4.79 Å². The number of allylic oxidation sites excluding steroid dienone is 1. The van der Waals surface area contributed by atoms with Crippen molar-refractivity contribution in [2.75, 3.05) is 0 Å². The van der Waals surface area contributed by atoms with Crippen LogP contribution in [0.15, 0.2) is 72.5 Å². The van der Waals surface area contributed by atoms with Crippen molar-refractivity contribution in [3.63, 3.8) is 0 Å². The summed E-state index contributed by atoms with van der Waals surface area (Å²) in [5.41, 5.74) is 1.06. The Balaban J connectivity index is 1.57. The van der Waals surface area contributed by atoms with Crippen LogP contribution in [-0.4, -0.2) is 11.8 Å². The van der Waals surface area contributed by atoms with E-state index in [1.54, 1.807) is 36.4 Å². The Hall–Kier alpha value is -3.44. The SMILES string of the molecule is O=C(Oc1ccc2c(c1)O/C(=C\c1cccc(F)c1)C2=O)c1ccccc1Cl. The molecule has 0 unspecified atom stereocenters. The lowest BCUT2D eigenvalue weighted by atomic mass is 10.1. The molecule has 0 saturated heterocycles. The zero-order valence-electron chi connectivity index (χ0n) is 14.3. The van der Waals surface area contributed by atoms with Gasteiger partial charge in [0.15, 0.2) is 5.76 Å². The van der Waals surface area contributed by atoms with E-state index in [0.29, 0.717) is 11.1 Å². The molecule has 0 aliphatic carbocycles. The highest BCUT2D eigenvalue weighted by atomic mass is 35.5. The Morgan fingerprint density at radius 2 is 1.86 bits per heavy atom. The van der Waals surface area contributed by atoms with Gasteiger partial charge in [0, 0.05) is 6.07 Å². The molecule has 0 fully saturated rings. The van der Waals surface area contributed by atoms with Crippen LogP contribution in [0.25, 0.3) is 6.08 Å². The highest BCUT2D eigenvalue weighted by Gasteiger charge is 2.28. The highest BCUT2D eigenvalue weighted by Crippen LogP contribution is 2.35. The third-order valence-corrected chi connectivity index (χ3v) is 4.42. The normalized spacial score (nSPS) is 13.9. The van der Waals surface area contributed by atoms with E-state index >= 15 is 0 Å². The predicted molar refractivity (Wildman–Crippen MR) is 102 cm³/mol. The minimum atomic E-state index is -0.620. The minimum absolute atomic E-state index is 0.0650. The summed E-state index contributed by atoms with van der Waals surface area (Å²) in [5, 5.41) is 0.278. The maximum absolute atomic E-state index is 13.3. The Morgan fingerprint density at radius 1 is 1.04 bits per heavy atom. The van der Waals surface area contributed by atoms with Crippen LogP contribution in [0.4, 0.5) is 4.39 Å². The molecule has 1 heterocycles. The Kier molecular flexibility index (Phi) is 4.67. The van der Waals surface area contributed by atoms with Crippen LogP contribution < -0.4 is 9.47 Å². The molecule has 4 rings (SSSR count). The van der Waals surface area contributed by atoms with E-state index in [2.05, 4.69) is 0 Å². The lowest BCUT2D eigenvalue weighted by Crippen LogP contribution is -2.09. The number of hydrogen-bond donors (Lipinski definition) is 0. The molecule has 0 amide bonds. The Morgan fingerprint density at radius 3 is 2.64 bits per heavy atom. The number of esters is 1. The number of benzene rings is 3. The summed E-state index contributed by atoms with van der Waals surface area (Å²) >= 11 is 6.00. The van der Waals surface area contributed by atoms with Crippen LogP contribution >= 0.6 is 11.6 Å². The summed E-state index contributed by atoms with van der Waals surface area (Å²) in [7, 11) is 0. The first-order chi connectivity index (χ1) is 13.5. The van der Waals surface area contributed by atoms with Gasteiger partial charge in [0.2, 0.25) is 5.78 Å². The van der Waals surface area contributed by atoms with Gasteiger partial charge in [-0.15, -0.1) is 0 Å². The number of ketones is 1. The molecule has 0 saturated carbocycles. The standard InChI is InChI=1S/C22H12ClFO4/c23-18-7-2-1-6-16(18)22(26)27-15-8-9-17-19(12-15)28-20(21(17)25)11-13-4-3-5-14(24)10-13/h1-12H/b20-11-. The molecule has 0 atom stereocenters. The molecule has 0 spiro atoms. The molecule has 1 aliphatic heterocycles. The summed E-state index contributed by atoms with van der Waals surface area (Å²) < 4.78 is 24.2. The molecule has 0 bridgehead atoms. The van der Waals surface area contributed by atoms with Gasteiger partial charge in [-0.25, -0.2) is 9.18 Å². The summed E-state index contributed by atoms with van der Waals surface area (Å²) in [6.45, 7) is 0. The number of rotatable bonds is 3. The molecule has 1 aliphatic rings. The van der Waals surface area contributed by atoms with Gasteiger partial charge in [0.05, 0.1) is 16.1 Å². The van der Waals surface area contributed by atoms with Crippen LogP contribution in [0.3, 0.4) is 0 Å². The van der Waals surface area contributed by atoms with Crippen molar-refractivity contribution in [3.8, 4) is 11.5 Å². The second-order valence-corrected chi connectivity index (χ2v) is 6.43. The first-order valence-corrected chi connectivity index (χ1v) is 8.69. The molecule has 0 N–H and O–H groups in total. The van der Waals surface area contributed by atoms with Gasteiger partial charge in [0.1, 0.15) is 17.3 Å². The van der Waals surface area contributed by atoms with E-state index in [1.807, 2.05) is 0 Å².